The Balaban J connectivity index is 2.73. The first-order valence-electron chi connectivity index (χ1n) is 4.91. The molecule has 80 valence electrons. The summed E-state index contributed by atoms with van der Waals surface area (Å²) in [5.74, 6) is 0.483. The van der Waals surface area contributed by atoms with Gasteiger partial charge in [0, 0.05) is 13.1 Å². The summed E-state index contributed by atoms with van der Waals surface area (Å²) in [7, 11) is 0. The molecule has 0 aliphatic carbocycles. The summed E-state index contributed by atoms with van der Waals surface area (Å²) < 4.78 is 5.42. The highest BCUT2D eigenvalue weighted by atomic mass is 35.5. The van der Waals surface area contributed by atoms with Gasteiger partial charge in [0.2, 0.25) is 5.89 Å². The highest BCUT2D eigenvalue weighted by Gasteiger charge is 2.14. The number of anilines is 1. The minimum absolute atomic E-state index is 0.225. The number of nitrogens with zero attached hydrogens (tertiary/aromatic N) is 3. The molecule has 0 spiro atoms. The fraction of sp³-hybridized carbons (Fsp3) is 0.778. The molecule has 4 nitrogen and oxygen atoms in total. The third-order valence-electron chi connectivity index (χ3n) is 1.92. The van der Waals surface area contributed by atoms with Crippen molar-refractivity contribution < 1.29 is 4.42 Å². The van der Waals surface area contributed by atoms with Crippen molar-refractivity contribution in [3.63, 3.8) is 0 Å². The van der Waals surface area contributed by atoms with Gasteiger partial charge in [-0.1, -0.05) is 12.0 Å². The first-order valence-corrected chi connectivity index (χ1v) is 5.35. The molecule has 1 unspecified atom stereocenters. The minimum atomic E-state index is -0.225. The maximum atomic E-state index is 5.83. The zero-order valence-electron chi connectivity index (χ0n) is 8.83. The predicted octanol–water partition coefficient (Wildman–Crippen LogP) is 2.61. The summed E-state index contributed by atoms with van der Waals surface area (Å²) in [6.07, 6.45) is 1.06. The Hall–Kier alpha value is -0.770. The summed E-state index contributed by atoms with van der Waals surface area (Å²) in [5, 5.41) is 7.60. The van der Waals surface area contributed by atoms with Gasteiger partial charge in [-0.15, -0.1) is 16.7 Å². The number of rotatable bonds is 5. The lowest BCUT2D eigenvalue weighted by atomic mass is 10.4. The predicted molar refractivity (Wildman–Crippen MR) is 56.7 cm³/mol. The lowest BCUT2D eigenvalue weighted by Crippen LogP contribution is -2.23. The number of hydrogen-bond acceptors (Lipinski definition) is 4. The standard InChI is InChI=1S/C9H16ClN3O/c1-4-6-13(5-2)9-12-11-8(14-9)7(3)10/h7H,4-6H2,1-3H3. The molecule has 14 heavy (non-hydrogen) atoms. The van der Waals surface area contributed by atoms with Gasteiger partial charge in [0.05, 0.1) is 0 Å². The van der Waals surface area contributed by atoms with Crippen LogP contribution in [0.4, 0.5) is 6.01 Å². The maximum Gasteiger partial charge on any atom is 0.318 e. The zero-order valence-corrected chi connectivity index (χ0v) is 9.58. The molecule has 0 radical (unpaired) electrons. The van der Waals surface area contributed by atoms with E-state index < -0.39 is 0 Å². The molecule has 1 aromatic heterocycles. The van der Waals surface area contributed by atoms with Crippen LogP contribution in [-0.2, 0) is 0 Å². The first-order chi connectivity index (χ1) is 6.69. The normalized spacial score (nSPS) is 12.9. The summed E-state index contributed by atoms with van der Waals surface area (Å²) in [6, 6.07) is 0.567. The number of aromatic nitrogens is 2. The van der Waals surface area contributed by atoms with Gasteiger partial charge >= 0.3 is 6.01 Å². The van der Waals surface area contributed by atoms with Crippen molar-refractivity contribution in [3.05, 3.63) is 5.89 Å². The Kier molecular flexibility index (Phi) is 4.20. The van der Waals surface area contributed by atoms with E-state index >= 15 is 0 Å². The molecule has 1 heterocycles. The molecular formula is C9H16ClN3O. The van der Waals surface area contributed by atoms with Crippen LogP contribution in [0, 0.1) is 0 Å². The second-order valence-corrected chi connectivity index (χ2v) is 3.77. The third-order valence-corrected chi connectivity index (χ3v) is 2.10. The van der Waals surface area contributed by atoms with Crippen molar-refractivity contribution in [1.82, 2.24) is 10.2 Å². The fourth-order valence-electron chi connectivity index (χ4n) is 1.17. The van der Waals surface area contributed by atoms with E-state index in [0.717, 1.165) is 19.5 Å². The number of alkyl halides is 1. The lowest BCUT2D eigenvalue weighted by molar-refractivity contribution is 0.484. The van der Waals surface area contributed by atoms with E-state index in [9.17, 15) is 0 Å². The van der Waals surface area contributed by atoms with Gasteiger partial charge < -0.3 is 9.32 Å². The van der Waals surface area contributed by atoms with Gasteiger partial charge in [0.25, 0.3) is 0 Å². The van der Waals surface area contributed by atoms with Crippen LogP contribution < -0.4 is 4.90 Å². The van der Waals surface area contributed by atoms with Crippen LogP contribution in [0.1, 0.15) is 38.5 Å². The van der Waals surface area contributed by atoms with Gasteiger partial charge in [0.15, 0.2) is 0 Å². The molecule has 0 aliphatic heterocycles. The highest BCUT2D eigenvalue weighted by Crippen LogP contribution is 2.21. The van der Waals surface area contributed by atoms with Gasteiger partial charge in [-0.2, -0.15) is 0 Å². The van der Waals surface area contributed by atoms with Crippen molar-refractivity contribution in [2.24, 2.45) is 0 Å². The van der Waals surface area contributed by atoms with E-state index in [1.807, 2.05) is 11.8 Å². The van der Waals surface area contributed by atoms with Crippen LogP contribution in [0.25, 0.3) is 0 Å². The second-order valence-electron chi connectivity index (χ2n) is 3.12. The molecule has 0 bridgehead atoms. The summed E-state index contributed by atoms with van der Waals surface area (Å²) in [4.78, 5) is 2.04. The van der Waals surface area contributed by atoms with Crippen molar-refractivity contribution in [3.8, 4) is 0 Å². The third kappa shape index (κ3) is 2.61. The molecule has 0 N–H and O–H groups in total. The monoisotopic (exact) mass is 217 g/mol. The molecule has 0 aliphatic rings. The number of halogens is 1. The topological polar surface area (TPSA) is 42.2 Å². The maximum absolute atomic E-state index is 5.83. The molecule has 0 saturated carbocycles. The van der Waals surface area contributed by atoms with Gasteiger partial charge in [-0.05, 0) is 20.3 Å². The van der Waals surface area contributed by atoms with Crippen molar-refractivity contribution in [1.29, 1.82) is 0 Å². The molecule has 1 aromatic rings. The van der Waals surface area contributed by atoms with E-state index in [1.165, 1.54) is 0 Å². The van der Waals surface area contributed by atoms with Crippen LogP contribution in [-0.4, -0.2) is 23.3 Å². The zero-order chi connectivity index (χ0) is 10.6. The molecule has 0 fully saturated rings. The average molecular weight is 218 g/mol. The largest absolute Gasteiger partial charge is 0.406 e. The van der Waals surface area contributed by atoms with Gasteiger partial charge in [-0.25, -0.2) is 0 Å². The van der Waals surface area contributed by atoms with Crippen LogP contribution in [0.2, 0.25) is 0 Å². The first kappa shape index (κ1) is 11.3. The molecule has 1 atom stereocenters. The smallest absolute Gasteiger partial charge is 0.318 e. The van der Waals surface area contributed by atoms with Crippen LogP contribution >= 0.6 is 11.6 Å². The molecular weight excluding hydrogens is 202 g/mol. The highest BCUT2D eigenvalue weighted by molar-refractivity contribution is 6.20. The quantitative estimate of drug-likeness (QED) is 0.711. The molecule has 0 saturated heterocycles. The Labute approximate surface area is 89.3 Å². The lowest BCUT2D eigenvalue weighted by Gasteiger charge is -2.16. The average Bonchev–Trinajstić information content (AvgIpc) is 2.63. The molecule has 0 amide bonds. The summed E-state index contributed by atoms with van der Waals surface area (Å²) in [5.41, 5.74) is 0. The van der Waals surface area contributed by atoms with E-state index in [0.29, 0.717) is 11.9 Å². The SMILES string of the molecule is CCCN(CC)c1nnc(C(C)Cl)o1. The Morgan fingerprint density at radius 1 is 1.43 bits per heavy atom. The Morgan fingerprint density at radius 3 is 2.57 bits per heavy atom. The van der Waals surface area contributed by atoms with Crippen molar-refractivity contribution in [2.45, 2.75) is 32.6 Å². The van der Waals surface area contributed by atoms with Crippen LogP contribution in [0.5, 0.6) is 0 Å². The van der Waals surface area contributed by atoms with E-state index in [-0.39, 0.29) is 5.38 Å². The van der Waals surface area contributed by atoms with E-state index in [4.69, 9.17) is 16.0 Å². The number of hydrogen-bond donors (Lipinski definition) is 0. The van der Waals surface area contributed by atoms with Crippen LogP contribution in [0.3, 0.4) is 0 Å². The van der Waals surface area contributed by atoms with Gasteiger partial charge in [-0.3, -0.25) is 0 Å². The summed E-state index contributed by atoms with van der Waals surface area (Å²) >= 11 is 5.83. The van der Waals surface area contributed by atoms with Gasteiger partial charge in [0.1, 0.15) is 5.38 Å². The van der Waals surface area contributed by atoms with Crippen molar-refractivity contribution >= 4 is 17.6 Å². The van der Waals surface area contributed by atoms with E-state index in [1.54, 1.807) is 0 Å². The van der Waals surface area contributed by atoms with E-state index in [2.05, 4.69) is 24.0 Å². The fourth-order valence-corrected chi connectivity index (χ4v) is 1.26. The summed E-state index contributed by atoms with van der Waals surface area (Å²) in [6.45, 7) is 7.78. The molecule has 1 rings (SSSR count). The second kappa shape index (κ2) is 5.20. The molecule has 0 aromatic carbocycles. The molecule has 5 heteroatoms. The Bertz CT molecular complexity index is 275. The Morgan fingerprint density at radius 2 is 2.14 bits per heavy atom. The van der Waals surface area contributed by atoms with Crippen molar-refractivity contribution in [2.75, 3.05) is 18.0 Å². The minimum Gasteiger partial charge on any atom is -0.406 e. The van der Waals surface area contributed by atoms with Crippen LogP contribution in [0.15, 0.2) is 4.42 Å².